The largest absolute Gasteiger partial charge is 0.327 e. The van der Waals surface area contributed by atoms with Crippen LogP contribution in [-0.2, 0) is 12.1 Å². The van der Waals surface area contributed by atoms with Gasteiger partial charge in [0, 0.05) is 22.3 Å². The van der Waals surface area contributed by atoms with Gasteiger partial charge < -0.3 is 5.73 Å². The fourth-order valence-corrected chi connectivity index (χ4v) is 3.32. The molecule has 1 atom stereocenters. The molecule has 2 N–H and O–H groups in total. The first-order valence-electron chi connectivity index (χ1n) is 5.32. The summed E-state index contributed by atoms with van der Waals surface area (Å²) in [4.78, 5) is 0.988. The maximum Gasteiger partial charge on any atom is 0.152 e. The Hall–Kier alpha value is -0.710. The van der Waals surface area contributed by atoms with Crippen molar-refractivity contribution in [2.75, 3.05) is 6.54 Å². The zero-order valence-electron chi connectivity index (χ0n) is 9.20. The summed E-state index contributed by atoms with van der Waals surface area (Å²) < 4.78 is 15.8. The van der Waals surface area contributed by atoms with E-state index in [1.807, 2.05) is 29.6 Å². The average molecular weight is 314 g/mol. The third-order valence-corrected chi connectivity index (χ3v) is 4.67. The van der Waals surface area contributed by atoms with Gasteiger partial charge in [0.25, 0.3) is 0 Å². The van der Waals surface area contributed by atoms with Crippen LogP contribution in [0.2, 0.25) is 0 Å². The second-order valence-electron chi connectivity index (χ2n) is 3.90. The fourth-order valence-electron chi connectivity index (χ4n) is 1.73. The number of rotatable bonds is 4. The molecule has 1 aromatic carbocycles. The maximum atomic E-state index is 14.9. The summed E-state index contributed by atoms with van der Waals surface area (Å²) in [6.45, 7) is -0.0125. The molecule has 0 bridgehead atoms. The van der Waals surface area contributed by atoms with Crippen LogP contribution in [0.5, 0.6) is 0 Å². The SMILES string of the molecule is NCC(F)(Cc1sccc1Br)c1ccccc1. The van der Waals surface area contributed by atoms with Crippen LogP contribution in [0.15, 0.2) is 46.3 Å². The summed E-state index contributed by atoms with van der Waals surface area (Å²) in [6, 6.07) is 11.1. The van der Waals surface area contributed by atoms with Crippen LogP contribution in [0.3, 0.4) is 0 Å². The van der Waals surface area contributed by atoms with Gasteiger partial charge in [-0.1, -0.05) is 30.3 Å². The minimum atomic E-state index is -1.49. The molecule has 4 heteroatoms. The molecule has 0 radical (unpaired) electrons. The van der Waals surface area contributed by atoms with Crippen LogP contribution in [-0.4, -0.2) is 6.54 Å². The standard InChI is InChI=1S/C13H13BrFNS/c14-11-6-7-17-12(11)8-13(15,9-16)10-4-2-1-3-5-10/h1-7H,8-9,16H2. The lowest BCUT2D eigenvalue weighted by atomic mass is 9.92. The lowest BCUT2D eigenvalue weighted by molar-refractivity contribution is 0.176. The van der Waals surface area contributed by atoms with E-state index in [9.17, 15) is 4.39 Å². The minimum absolute atomic E-state index is 0.0125. The van der Waals surface area contributed by atoms with Crippen molar-refractivity contribution in [3.05, 3.63) is 56.7 Å². The Bertz CT molecular complexity index is 485. The van der Waals surface area contributed by atoms with E-state index in [1.54, 1.807) is 23.5 Å². The second-order valence-corrected chi connectivity index (χ2v) is 5.76. The monoisotopic (exact) mass is 313 g/mol. The Morgan fingerprint density at radius 1 is 1.24 bits per heavy atom. The van der Waals surface area contributed by atoms with Crippen molar-refractivity contribution in [1.82, 2.24) is 0 Å². The highest BCUT2D eigenvalue weighted by atomic mass is 79.9. The molecule has 2 rings (SSSR count). The Kier molecular flexibility index (Phi) is 3.97. The Morgan fingerprint density at radius 3 is 2.47 bits per heavy atom. The molecule has 2 aromatic rings. The number of thiophene rings is 1. The molecule has 1 unspecified atom stereocenters. The topological polar surface area (TPSA) is 26.0 Å². The predicted molar refractivity (Wildman–Crippen MR) is 74.0 cm³/mol. The van der Waals surface area contributed by atoms with E-state index in [2.05, 4.69) is 15.9 Å². The summed E-state index contributed by atoms with van der Waals surface area (Å²) in [5, 5.41) is 1.95. The van der Waals surface area contributed by atoms with Gasteiger partial charge in [0.15, 0.2) is 5.67 Å². The summed E-state index contributed by atoms with van der Waals surface area (Å²) in [5.74, 6) is 0. The smallest absolute Gasteiger partial charge is 0.152 e. The van der Waals surface area contributed by atoms with Crippen molar-refractivity contribution in [2.24, 2.45) is 5.73 Å². The average Bonchev–Trinajstić information content (AvgIpc) is 2.76. The summed E-state index contributed by atoms with van der Waals surface area (Å²) >= 11 is 4.97. The Morgan fingerprint density at radius 2 is 1.94 bits per heavy atom. The number of nitrogens with two attached hydrogens (primary N) is 1. The van der Waals surface area contributed by atoms with Crippen LogP contribution in [0, 0.1) is 0 Å². The van der Waals surface area contributed by atoms with E-state index >= 15 is 0 Å². The van der Waals surface area contributed by atoms with Gasteiger partial charge >= 0.3 is 0 Å². The van der Waals surface area contributed by atoms with E-state index in [1.165, 1.54) is 0 Å². The zero-order chi connectivity index (χ0) is 12.3. The van der Waals surface area contributed by atoms with Crippen molar-refractivity contribution in [3.8, 4) is 0 Å². The van der Waals surface area contributed by atoms with Crippen molar-refractivity contribution < 1.29 is 4.39 Å². The molecular formula is C13H13BrFNS. The first-order valence-corrected chi connectivity index (χ1v) is 6.99. The summed E-state index contributed by atoms with van der Waals surface area (Å²) in [6.07, 6.45) is 0.311. The molecular weight excluding hydrogens is 301 g/mol. The fraction of sp³-hybridized carbons (Fsp3) is 0.231. The number of hydrogen-bond donors (Lipinski definition) is 1. The van der Waals surface area contributed by atoms with Crippen LogP contribution < -0.4 is 5.73 Å². The van der Waals surface area contributed by atoms with Gasteiger partial charge in [-0.05, 0) is 32.9 Å². The first kappa shape index (κ1) is 12.7. The van der Waals surface area contributed by atoms with Gasteiger partial charge in [-0.3, -0.25) is 0 Å². The van der Waals surface area contributed by atoms with Crippen LogP contribution in [0.4, 0.5) is 4.39 Å². The highest BCUT2D eigenvalue weighted by Gasteiger charge is 2.31. The molecule has 0 amide bonds. The van der Waals surface area contributed by atoms with Gasteiger partial charge in [0.2, 0.25) is 0 Å². The molecule has 0 saturated heterocycles. The molecule has 17 heavy (non-hydrogen) atoms. The lowest BCUT2D eigenvalue weighted by Gasteiger charge is -2.23. The van der Waals surface area contributed by atoms with E-state index < -0.39 is 5.67 Å². The molecule has 0 fully saturated rings. The summed E-state index contributed by atoms with van der Waals surface area (Å²) in [7, 11) is 0. The van der Waals surface area contributed by atoms with E-state index in [0.29, 0.717) is 12.0 Å². The molecule has 1 nitrogen and oxygen atoms in total. The molecule has 90 valence electrons. The van der Waals surface area contributed by atoms with Gasteiger partial charge in [0.1, 0.15) is 0 Å². The van der Waals surface area contributed by atoms with Gasteiger partial charge in [0.05, 0.1) is 0 Å². The van der Waals surface area contributed by atoms with Crippen LogP contribution >= 0.6 is 27.3 Å². The van der Waals surface area contributed by atoms with Crippen LogP contribution in [0.1, 0.15) is 10.4 Å². The van der Waals surface area contributed by atoms with E-state index in [-0.39, 0.29) is 6.54 Å². The number of alkyl halides is 1. The zero-order valence-corrected chi connectivity index (χ0v) is 11.6. The van der Waals surface area contributed by atoms with Crippen molar-refractivity contribution in [2.45, 2.75) is 12.1 Å². The molecule has 1 heterocycles. The molecule has 0 aliphatic carbocycles. The number of hydrogen-bond acceptors (Lipinski definition) is 2. The van der Waals surface area contributed by atoms with Gasteiger partial charge in [-0.15, -0.1) is 11.3 Å². The second kappa shape index (κ2) is 5.29. The first-order chi connectivity index (χ1) is 8.15. The van der Waals surface area contributed by atoms with Gasteiger partial charge in [-0.25, -0.2) is 4.39 Å². The molecule has 0 saturated carbocycles. The molecule has 0 aliphatic heterocycles. The highest BCUT2D eigenvalue weighted by molar-refractivity contribution is 9.10. The van der Waals surface area contributed by atoms with Crippen molar-refractivity contribution in [3.63, 3.8) is 0 Å². The highest BCUT2D eigenvalue weighted by Crippen LogP contribution is 2.34. The van der Waals surface area contributed by atoms with Crippen LogP contribution in [0.25, 0.3) is 0 Å². The molecule has 0 spiro atoms. The predicted octanol–water partition coefficient (Wildman–Crippen LogP) is 3.88. The maximum absolute atomic E-state index is 14.9. The van der Waals surface area contributed by atoms with E-state index in [0.717, 1.165) is 9.35 Å². The molecule has 1 aromatic heterocycles. The third-order valence-electron chi connectivity index (χ3n) is 2.75. The summed E-state index contributed by atoms with van der Waals surface area (Å²) in [5.41, 5.74) is 4.77. The third kappa shape index (κ3) is 2.76. The number of halogens is 2. The normalized spacial score (nSPS) is 14.5. The quantitative estimate of drug-likeness (QED) is 0.911. The minimum Gasteiger partial charge on any atom is -0.327 e. The Balaban J connectivity index is 2.30. The number of benzene rings is 1. The van der Waals surface area contributed by atoms with Crippen molar-refractivity contribution in [1.29, 1.82) is 0 Å². The lowest BCUT2D eigenvalue weighted by Crippen LogP contribution is -2.32. The van der Waals surface area contributed by atoms with Crippen molar-refractivity contribution >= 4 is 27.3 Å². The van der Waals surface area contributed by atoms with E-state index in [4.69, 9.17) is 5.73 Å². The van der Waals surface area contributed by atoms with Gasteiger partial charge in [-0.2, -0.15) is 0 Å². The Labute approximate surface area is 113 Å². The molecule has 0 aliphatic rings.